The summed E-state index contributed by atoms with van der Waals surface area (Å²) in [7, 11) is 1.83. The highest BCUT2D eigenvalue weighted by Gasteiger charge is 2.51. The van der Waals surface area contributed by atoms with Gasteiger partial charge in [0.1, 0.15) is 0 Å². The van der Waals surface area contributed by atoms with Crippen molar-refractivity contribution in [3.63, 3.8) is 0 Å². The molecule has 1 saturated heterocycles. The predicted octanol–water partition coefficient (Wildman–Crippen LogP) is 1.27. The van der Waals surface area contributed by atoms with Gasteiger partial charge in [-0.25, -0.2) is 0 Å². The number of hydrogen-bond donors (Lipinski definition) is 0. The number of amides is 2. The molecule has 1 spiro atoms. The molecule has 27 heavy (non-hydrogen) atoms. The Morgan fingerprint density at radius 2 is 1.89 bits per heavy atom. The van der Waals surface area contributed by atoms with Gasteiger partial charge in [-0.3, -0.25) is 9.59 Å². The average molecular weight is 362 g/mol. The number of piperidine rings is 1. The monoisotopic (exact) mass is 362 g/mol. The molecule has 0 saturated carbocycles. The second-order valence-electron chi connectivity index (χ2n) is 7.16. The fourth-order valence-corrected chi connectivity index (χ4v) is 4.34. The Morgan fingerprint density at radius 3 is 2.70 bits per heavy atom. The van der Waals surface area contributed by atoms with E-state index >= 15 is 0 Å². The van der Waals surface area contributed by atoms with Crippen molar-refractivity contribution in [2.75, 3.05) is 25.0 Å². The first-order chi connectivity index (χ1) is 13.1. The molecule has 8 heteroatoms. The average Bonchev–Trinajstić information content (AvgIpc) is 3.26. The normalized spacial score (nSPS) is 18.3. The van der Waals surface area contributed by atoms with Crippen LogP contribution in [-0.4, -0.2) is 56.9 Å². The number of pyridine rings is 1. The van der Waals surface area contributed by atoms with Crippen LogP contribution in [0.4, 0.5) is 5.69 Å². The molecule has 0 radical (unpaired) electrons. The first-order valence-electron chi connectivity index (χ1n) is 8.95. The van der Waals surface area contributed by atoms with Crippen LogP contribution < -0.4 is 4.90 Å². The van der Waals surface area contributed by atoms with E-state index in [9.17, 15) is 9.59 Å². The van der Waals surface area contributed by atoms with Gasteiger partial charge in [0, 0.05) is 32.0 Å². The van der Waals surface area contributed by atoms with Crippen LogP contribution in [0.1, 0.15) is 28.8 Å². The van der Waals surface area contributed by atoms with Crippen molar-refractivity contribution in [3.05, 3.63) is 53.7 Å². The summed E-state index contributed by atoms with van der Waals surface area (Å²) in [6, 6.07) is 11.4. The zero-order valence-corrected chi connectivity index (χ0v) is 14.9. The zero-order chi connectivity index (χ0) is 18.6. The number of anilines is 1. The minimum Gasteiger partial charge on any atom is -0.339 e. The van der Waals surface area contributed by atoms with Gasteiger partial charge >= 0.3 is 0 Å². The summed E-state index contributed by atoms with van der Waals surface area (Å²) < 4.78 is 1.49. The number of para-hydroxylation sites is 1. The zero-order valence-electron chi connectivity index (χ0n) is 14.9. The predicted molar refractivity (Wildman–Crippen MR) is 97.4 cm³/mol. The summed E-state index contributed by atoms with van der Waals surface area (Å²) in [5.74, 6) is 0.0697. The molecule has 5 rings (SSSR count). The minimum atomic E-state index is -0.512. The molecule has 0 bridgehead atoms. The highest BCUT2D eigenvalue weighted by Crippen LogP contribution is 2.47. The molecule has 0 unspecified atom stereocenters. The van der Waals surface area contributed by atoms with Crippen LogP contribution in [0.3, 0.4) is 0 Å². The minimum absolute atomic E-state index is 0.0608. The van der Waals surface area contributed by atoms with E-state index < -0.39 is 5.41 Å². The lowest BCUT2D eigenvalue weighted by molar-refractivity contribution is -0.124. The van der Waals surface area contributed by atoms with Gasteiger partial charge in [0.05, 0.1) is 11.0 Å². The van der Waals surface area contributed by atoms with E-state index in [1.54, 1.807) is 23.2 Å². The maximum Gasteiger partial charge on any atom is 0.255 e. The van der Waals surface area contributed by atoms with Crippen LogP contribution >= 0.6 is 0 Å². The maximum absolute atomic E-state index is 13.0. The van der Waals surface area contributed by atoms with Gasteiger partial charge in [-0.15, -0.1) is 5.10 Å². The summed E-state index contributed by atoms with van der Waals surface area (Å²) in [5.41, 5.74) is 2.69. The van der Waals surface area contributed by atoms with Gasteiger partial charge < -0.3 is 9.80 Å². The van der Waals surface area contributed by atoms with E-state index in [4.69, 9.17) is 0 Å². The summed E-state index contributed by atoms with van der Waals surface area (Å²) in [4.78, 5) is 29.5. The molecule has 1 fully saturated rings. The Kier molecular flexibility index (Phi) is 3.30. The number of rotatable bonds is 1. The number of aromatic nitrogens is 4. The van der Waals surface area contributed by atoms with Crippen molar-refractivity contribution in [2.45, 2.75) is 18.3 Å². The SMILES string of the molecule is CN1C(=O)C2(CCN(C(=O)c3ccc4nnnn4c3)CC2)c2ccccc21. The van der Waals surface area contributed by atoms with Crippen LogP contribution in [0, 0.1) is 0 Å². The lowest BCUT2D eigenvalue weighted by atomic mass is 9.73. The topological polar surface area (TPSA) is 83.7 Å². The molecule has 0 aliphatic carbocycles. The Labute approximate surface area is 155 Å². The molecule has 2 aliphatic rings. The molecule has 3 aromatic rings. The van der Waals surface area contributed by atoms with Crippen molar-refractivity contribution in [1.29, 1.82) is 0 Å². The molecule has 4 heterocycles. The third-order valence-electron chi connectivity index (χ3n) is 5.84. The largest absolute Gasteiger partial charge is 0.339 e. The van der Waals surface area contributed by atoms with Crippen LogP contribution in [0.15, 0.2) is 42.6 Å². The summed E-state index contributed by atoms with van der Waals surface area (Å²) in [6.45, 7) is 1.08. The van der Waals surface area contributed by atoms with Crippen LogP contribution in [-0.2, 0) is 10.2 Å². The number of hydrogen-bond acceptors (Lipinski definition) is 5. The number of likely N-dealkylation sites (N-methyl/N-ethyl adjacent to an activating group) is 1. The van der Waals surface area contributed by atoms with Crippen molar-refractivity contribution >= 4 is 23.1 Å². The number of tetrazole rings is 1. The van der Waals surface area contributed by atoms with Crippen molar-refractivity contribution in [1.82, 2.24) is 24.9 Å². The van der Waals surface area contributed by atoms with Crippen molar-refractivity contribution in [3.8, 4) is 0 Å². The lowest BCUT2D eigenvalue weighted by Gasteiger charge is -2.38. The highest BCUT2D eigenvalue weighted by molar-refractivity contribution is 6.08. The molecule has 2 aromatic heterocycles. The highest BCUT2D eigenvalue weighted by atomic mass is 16.2. The van der Waals surface area contributed by atoms with Gasteiger partial charge in [0.2, 0.25) is 5.91 Å². The second-order valence-corrected chi connectivity index (χ2v) is 7.16. The van der Waals surface area contributed by atoms with Crippen LogP contribution in [0.5, 0.6) is 0 Å². The Hall–Kier alpha value is -3.29. The fourth-order valence-electron chi connectivity index (χ4n) is 4.34. The number of carbonyl (C=O) groups excluding carboxylic acids is 2. The summed E-state index contributed by atoms with van der Waals surface area (Å²) in [6.07, 6.45) is 2.91. The molecular formula is C19H18N6O2. The molecule has 0 atom stereocenters. The van der Waals surface area contributed by atoms with E-state index in [1.165, 1.54) is 4.52 Å². The van der Waals surface area contributed by atoms with Gasteiger partial charge in [-0.2, -0.15) is 4.52 Å². The van der Waals surface area contributed by atoms with Crippen LogP contribution in [0.2, 0.25) is 0 Å². The molecular weight excluding hydrogens is 344 g/mol. The number of likely N-dealkylation sites (tertiary alicyclic amines) is 1. The molecule has 2 aliphatic heterocycles. The Balaban J connectivity index is 1.40. The number of carbonyl (C=O) groups is 2. The number of nitrogens with zero attached hydrogens (tertiary/aromatic N) is 6. The first-order valence-corrected chi connectivity index (χ1v) is 8.95. The number of benzene rings is 1. The smallest absolute Gasteiger partial charge is 0.255 e. The molecule has 2 amide bonds. The van der Waals surface area contributed by atoms with Crippen molar-refractivity contribution < 1.29 is 9.59 Å². The van der Waals surface area contributed by atoms with Gasteiger partial charge in [-0.05, 0) is 47.0 Å². The van der Waals surface area contributed by atoms with E-state index in [0.29, 0.717) is 37.1 Å². The van der Waals surface area contributed by atoms with E-state index in [1.807, 2.05) is 36.2 Å². The van der Waals surface area contributed by atoms with Crippen LogP contribution in [0.25, 0.3) is 5.65 Å². The standard InChI is InChI=1S/C19H18N6O2/c1-23-15-5-3-2-4-14(15)19(18(23)27)8-10-24(11-9-19)17(26)13-6-7-16-20-21-22-25(16)12-13/h2-7,12H,8-11H2,1H3. The molecule has 1 aromatic carbocycles. The van der Waals surface area contributed by atoms with Crippen molar-refractivity contribution in [2.24, 2.45) is 0 Å². The maximum atomic E-state index is 13.0. The summed E-state index contributed by atoms with van der Waals surface area (Å²) >= 11 is 0. The fraction of sp³-hybridized carbons (Fsp3) is 0.316. The third kappa shape index (κ3) is 2.19. The molecule has 0 N–H and O–H groups in total. The Bertz CT molecular complexity index is 1070. The summed E-state index contributed by atoms with van der Waals surface area (Å²) in [5, 5.41) is 11.3. The Morgan fingerprint density at radius 1 is 1.11 bits per heavy atom. The molecule has 136 valence electrons. The first kappa shape index (κ1) is 15.9. The van der Waals surface area contributed by atoms with Gasteiger partial charge in [-0.1, -0.05) is 18.2 Å². The molecule has 8 nitrogen and oxygen atoms in total. The van der Waals surface area contributed by atoms with E-state index in [0.717, 1.165) is 11.3 Å². The van der Waals surface area contributed by atoms with Gasteiger partial charge in [0.25, 0.3) is 5.91 Å². The van der Waals surface area contributed by atoms with E-state index in [-0.39, 0.29) is 11.8 Å². The third-order valence-corrected chi connectivity index (χ3v) is 5.84. The second kappa shape index (κ2) is 5.60. The lowest BCUT2D eigenvalue weighted by Crippen LogP contribution is -2.49. The quantitative estimate of drug-likeness (QED) is 0.651. The van der Waals surface area contributed by atoms with E-state index in [2.05, 4.69) is 15.5 Å². The van der Waals surface area contributed by atoms with Gasteiger partial charge in [0.15, 0.2) is 5.65 Å². The number of fused-ring (bicyclic) bond motifs is 3.